The predicted molar refractivity (Wildman–Crippen MR) is 78.1 cm³/mol. The molecule has 0 N–H and O–H groups in total. The molecule has 0 amide bonds. The number of nitro groups is 1. The zero-order valence-corrected chi connectivity index (χ0v) is 11.7. The van der Waals surface area contributed by atoms with Crippen LogP contribution in [-0.4, -0.2) is 20.0 Å². The van der Waals surface area contributed by atoms with E-state index in [1.54, 1.807) is 36.7 Å². The van der Waals surface area contributed by atoms with Gasteiger partial charge >= 0.3 is 0 Å². The summed E-state index contributed by atoms with van der Waals surface area (Å²) in [5.41, 5.74) is 1.75. The normalized spacial score (nSPS) is 12.0. The first-order chi connectivity index (χ1) is 10.6. The lowest BCUT2D eigenvalue weighted by molar-refractivity contribution is -0.384. The summed E-state index contributed by atoms with van der Waals surface area (Å²) in [6, 6.07) is 9.91. The third-order valence-electron chi connectivity index (χ3n) is 3.35. The highest BCUT2D eigenvalue weighted by atomic mass is 16.6. The number of benzene rings is 1. The molecule has 2 aromatic heterocycles. The second-order valence-electron chi connectivity index (χ2n) is 4.76. The Kier molecular flexibility index (Phi) is 3.61. The van der Waals surface area contributed by atoms with Gasteiger partial charge in [-0.25, -0.2) is 0 Å². The van der Waals surface area contributed by atoms with Crippen molar-refractivity contribution < 1.29 is 9.45 Å². The number of non-ortho nitro benzene ring substituents is 1. The van der Waals surface area contributed by atoms with E-state index in [2.05, 4.69) is 15.1 Å². The van der Waals surface area contributed by atoms with Crippen LogP contribution < -0.4 is 0 Å². The van der Waals surface area contributed by atoms with Crippen LogP contribution in [0.1, 0.15) is 24.3 Å². The summed E-state index contributed by atoms with van der Waals surface area (Å²) in [5, 5.41) is 14.6. The van der Waals surface area contributed by atoms with Gasteiger partial charge in [-0.15, -0.1) is 0 Å². The van der Waals surface area contributed by atoms with Gasteiger partial charge in [0.25, 0.3) is 5.69 Å². The maximum absolute atomic E-state index is 10.7. The summed E-state index contributed by atoms with van der Waals surface area (Å²) in [7, 11) is 0. The molecule has 1 unspecified atom stereocenters. The zero-order chi connectivity index (χ0) is 15.5. The number of rotatable bonds is 4. The topological polar surface area (TPSA) is 95.0 Å². The highest BCUT2D eigenvalue weighted by Crippen LogP contribution is 2.26. The number of hydrogen-bond acceptors (Lipinski definition) is 6. The number of hydrogen-bond donors (Lipinski definition) is 0. The molecule has 0 bridgehead atoms. The standard InChI is InChI=1S/C15H12N4O3/c1-10(11-2-4-13(5-3-11)19(20)21)15-17-14(18-22-15)12-6-8-16-9-7-12/h2-10H,1H3. The van der Waals surface area contributed by atoms with Gasteiger partial charge in [0.1, 0.15) is 0 Å². The largest absolute Gasteiger partial charge is 0.338 e. The lowest BCUT2D eigenvalue weighted by Crippen LogP contribution is -1.97. The molecule has 1 aromatic carbocycles. The van der Waals surface area contributed by atoms with Crippen molar-refractivity contribution in [3.8, 4) is 11.4 Å². The molecule has 0 spiro atoms. The second-order valence-corrected chi connectivity index (χ2v) is 4.76. The predicted octanol–water partition coefficient (Wildman–Crippen LogP) is 3.19. The molecule has 3 rings (SSSR count). The van der Waals surface area contributed by atoms with Crippen LogP contribution in [0.15, 0.2) is 53.3 Å². The molecule has 110 valence electrons. The molecule has 0 aliphatic carbocycles. The van der Waals surface area contributed by atoms with Crippen molar-refractivity contribution in [1.82, 2.24) is 15.1 Å². The highest BCUT2D eigenvalue weighted by Gasteiger charge is 2.18. The minimum atomic E-state index is -0.428. The van der Waals surface area contributed by atoms with Crippen molar-refractivity contribution in [2.45, 2.75) is 12.8 Å². The SMILES string of the molecule is CC(c1ccc([N+](=O)[O-])cc1)c1nc(-c2ccncc2)no1. The van der Waals surface area contributed by atoms with E-state index in [1.807, 2.05) is 6.92 Å². The first kappa shape index (κ1) is 13.9. The summed E-state index contributed by atoms with van der Waals surface area (Å²) in [6.07, 6.45) is 3.32. The van der Waals surface area contributed by atoms with Crippen LogP contribution in [0.5, 0.6) is 0 Å². The quantitative estimate of drug-likeness (QED) is 0.542. The Morgan fingerprint density at radius 2 is 1.82 bits per heavy atom. The smallest absolute Gasteiger partial charge is 0.269 e. The van der Waals surface area contributed by atoms with Gasteiger partial charge in [-0.05, 0) is 24.6 Å². The third kappa shape index (κ3) is 2.69. The zero-order valence-electron chi connectivity index (χ0n) is 11.7. The molecule has 0 saturated heterocycles. The molecular weight excluding hydrogens is 284 g/mol. The van der Waals surface area contributed by atoms with Crippen molar-refractivity contribution in [3.05, 3.63) is 70.4 Å². The summed E-state index contributed by atoms with van der Waals surface area (Å²) in [4.78, 5) is 18.6. The first-order valence-electron chi connectivity index (χ1n) is 6.63. The Hall–Kier alpha value is -3.09. The lowest BCUT2D eigenvalue weighted by atomic mass is 10.0. The van der Waals surface area contributed by atoms with E-state index in [0.717, 1.165) is 11.1 Å². The van der Waals surface area contributed by atoms with Crippen LogP contribution in [-0.2, 0) is 0 Å². The molecule has 7 nitrogen and oxygen atoms in total. The van der Waals surface area contributed by atoms with Crippen LogP contribution in [0.25, 0.3) is 11.4 Å². The Morgan fingerprint density at radius 3 is 2.45 bits per heavy atom. The Morgan fingerprint density at radius 1 is 1.14 bits per heavy atom. The van der Waals surface area contributed by atoms with Gasteiger partial charge in [-0.2, -0.15) is 4.98 Å². The number of nitro benzene ring substituents is 1. The summed E-state index contributed by atoms with van der Waals surface area (Å²) >= 11 is 0. The molecule has 0 radical (unpaired) electrons. The molecule has 0 aliphatic rings. The van der Waals surface area contributed by atoms with Crippen LogP contribution in [0.3, 0.4) is 0 Å². The minimum absolute atomic E-state index is 0.0546. The van der Waals surface area contributed by atoms with E-state index in [0.29, 0.717) is 11.7 Å². The average molecular weight is 296 g/mol. The minimum Gasteiger partial charge on any atom is -0.338 e. The fourth-order valence-electron chi connectivity index (χ4n) is 2.06. The summed E-state index contributed by atoms with van der Waals surface area (Å²) in [6.45, 7) is 1.91. The second kappa shape index (κ2) is 5.72. The van der Waals surface area contributed by atoms with Gasteiger partial charge in [-0.3, -0.25) is 15.1 Å². The fourth-order valence-corrected chi connectivity index (χ4v) is 2.06. The maximum Gasteiger partial charge on any atom is 0.269 e. The highest BCUT2D eigenvalue weighted by molar-refractivity contribution is 5.52. The van der Waals surface area contributed by atoms with Gasteiger partial charge < -0.3 is 4.52 Å². The van der Waals surface area contributed by atoms with E-state index in [1.165, 1.54) is 12.1 Å². The van der Waals surface area contributed by atoms with Crippen molar-refractivity contribution in [1.29, 1.82) is 0 Å². The monoisotopic (exact) mass is 296 g/mol. The van der Waals surface area contributed by atoms with Gasteiger partial charge in [0.15, 0.2) is 0 Å². The van der Waals surface area contributed by atoms with Crippen LogP contribution in [0.4, 0.5) is 5.69 Å². The molecule has 2 heterocycles. The number of nitrogens with zero attached hydrogens (tertiary/aromatic N) is 4. The van der Waals surface area contributed by atoms with Crippen molar-refractivity contribution in [3.63, 3.8) is 0 Å². The van der Waals surface area contributed by atoms with E-state index in [9.17, 15) is 10.1 Å². The molecule has 0 fully saturated rings. The van der Waals surface area contributed by atoms with E-state index < -0.39 is 4.92 Å². The van der Waals surface area contributed by atoms with Gasteiger partial charge in [0.05, 0.1) is 10.8 Å². The van der Waals surface area contributed by atoms with Crippen LogP contribution in [0.2, 0.25) is 0 Å². The Labute approximate surface area is 125 Å². The first-order valence-corrected chi connectivity index (χ1v) is 6.63. The molecule has 0 aliphatic heterocycles. The molecule has 22 heavy (non-hydrogen) atoms. The Bertz CT molecular complexity index is 784. The van der Waals surface area contributed by atoms with Crippen molar-refractivity contribution in [2.75, 3.05) is 0 Å². The van der Waals surface area contributed by atoms with E-state index in [4.69, 9.17) is 4.52 Å². The Balaban J connectivity index is 1.85. The lowest BCUT2D eigenvalue weighted by Gasteiger charge is -2.05. The molecule has 1 atom stereocenters. The molecular formula is C15H12N4O3. The van der Waals surface area contributed by atoms with Crippen LogP contribution >= 0.6 is 0 Å². The van der Waals surface area contributed by atoms with E-state index >= 15 is 0 Å². The van der Waals surface area contributed by atoms with Gasteiger partial charge in [-0.1, -0.05) is 17.3 Å². The van der Waals surface area contributed by atoms with Crippen molar-refractivity contribution in [2.24, 2.45) is 0 Å². The molecule has 0 saturated carbocycles. The average Bonchev–Trinajstić information content (AvgIpc) is 3.05. The molecule has 7 heteroatoms. The molecule has 3 aromatic rings. The number of aromatic nitrogens is 3. The third-order valence-corrected chi connectivity index (χ3v) is 3.35. The van der Waals surface area contributed by atoms with Crippen molar-refractivity contribution >= 4 is 5.69 Å². The summed E-state index contributed by atoms with van der Waals surface area (Å²) in [5.74, 6) is 0.802. The fraction of sp³-hybridized carbons (Fsp3) is 0.133. The maximum atomic E-state index is 10.7. The van der Waals surface area contributed by atoms with Crippen LogP contribution in [0, 0.1) is 10.1 Å². The summed E-state index contributed by atoms with van der Waals surface area (Å²) < 4.78 is 5.30. The number of pyridine rings is 1. The van der Waals surface area contributed by atoms with Gasteiger partial charge in [0, 0.05) is 30.1 Å². The van der Waals surface area contributed by atoms with E-state index in [-0.39, 0.29) is 11.6 Å². The van der Waals surface area contributed by atoms with Gasteiger partial charge in [0.2, 0.25) is 11.7 Å².